The lowest BCUT2D eigenvalue weighted by Gasteiger charge is -2.28. The van der Waals surface area contributed by atoms with Crippen molar-refractivity contribution in [3.05, 3.63) is 29.8 Å². The van der Waals surface area contributed by atoms with Crippen LogP contribution in [0.4, 0.5) is 0 Å². The van der Waals surface area contributed by atoms with Crippen molar-refractivity contribution in [2.24, 2.45) is 5.73 Å². The molecule has 0 aliphatic heterocycles. The summed E-state index contributed by atoms with van der Waals surface area (Å²) < 4.78 is 0. The summed E-state index contributed by atoms with van der Waals surface area (Å²) >= 11 is 7.77. The van der Waals surface area contributed by atoms with E-state index >= 15 is 0 Å². The molecule has 364 valence electrons. The molecule has 0 bridgehead atoms. The van der Waals surface area contributed by atoms with Crippen LogP contribution in [0.15, 0.2) is 24.3 Å². The van der Waals surface area contributed by atoms with Crippen LogP contribution in [0.25, 0.3) is 0 Å². The monoisotopic (exact) mass is 963 g/mol. The smallest absolute Gasteiger partial charge is 0.327 e. The lowest BCUT2D eigenvalue weighted by molar-refractivity contribution is -0.142. The average Bonchev–Trinajstić information content (AvgIpc) is 3.23. The van der Waals surface area contributed by atoms with Crippen LogP contribution < -0.4 is 48.3 Å². The number of carbonyl (C=O) groups excluding carboxylic acids is 8. The van der Waals surface area contributed by atoms with Crippen LogP contribution in [0, 0.1) is 0 Å². The highest BCUT2D eigenvalue weighted by Crippen LogP contribution is 2.12. The maximum atomic E-state index is 13.4. The molecule has 0 saturated heterocycles. The van der Waals surface area contributed by atoms with E-state index in [1.165, 1.54) is 24.3 Å². The molecule has 17 N–H and O–H groups in total. The van der Waals surface area contributed by atoms with Gasteiger partial charge in [-0.3, -0.25) is 43.2 Å². The summed E-state index contributed by atoms with van der Waals surface area (Å²) in [5.74, 6) is -13.0. The molecule has 0 heterocycles. The van der Waals surface area contributed by atoms with E-state index in [0.29, 0.717) is 5.56 Å². The molecule has 0 aromatic heterocycles. The fraction of sp³-hybridized carbons (Fsp3) is 0.568. The normalized spacial score (nSPS) is 16.6. The van der Waals surface area contributed by atoms with Gasteiger partial charge in [0.05, 0.1) is 37.4 Å². The second kappa shape index (κ2) is 27.5. The Balaban J connectivity index is 3.19. The van der Waals surface area contributed by atoms with Crippen LogP contribution >= 0.6 is 25.3 Å². The molecule has 0 unspecified atom stereocenters. The summed E-state index contributed by atoms with van der Waals surface area (Å²) in [5, 5.41) is 86.4. The van der Waals surface area contributed by atoms with Gasteiger partial charge in [0.25, 0.3) is 0 Å². The topological polar surface area (TPSA) is 435 Å². The number of nitrogens with one attached hydrogen (secondary N) is 8. The highest BCUT2D eigenvalue weighted by atomic mass is 32.1. The van der Waals surface area contributed by atoms with Crippen molar-refractivity contribution < 1.29 is 83.7 Å². The number of aromatic hydroxyl groups is 1. The SMILES string of the molecule is C[C@H](NC(=O)[C@H](CC(=O)O)NC(=O)[C@@H](NC(=O)[C@H](CO)NC(=O)[C@@H](NC(=O)[C@@H](N)CS)[C@@H](C)O)[C@@H](C)O)C(=O)N[C@H](C(=O)N[C@@H](Cc1ccc(O)cc1)C(=O)N[C@@H](CS)C(=O)O)[C@@H](C)O. The van der Waals surface area contributed by atoms with E-state index in [1.54, 1.807) is 0 Å². The molecule has 1 aromatic carbocycles. The Bertz CT molecular complexity index is 1860. The third-order valence-corrected chi connectivity index (χ3v) is 9.87. The molecule has 0 saturated carbocycles. The second-order valence-corrected chi connectivity index (χ2v) is 15.3. The van der Waals surface area contributed by atoms with Crippen LogP contribution in [0.5, 0.6) is 5.75 Å². The fourth-order valence-electron chi connectivity index (χ4n) is 5.37. The van der Waals surface area contributed by atoms with Gasteiger partial charge in [-0.2, -0.15) is 25.3 Å². The van der Waals surface area contributed by atoms with E-state index < -0.39 is 145 Å². The molecule has 8 amide bonds. The van der Waals surface area contributed by atoms with E-state index in [0.717, 1.165) is 27.7 Å². The highest BCUT2D eigenvalue weighted by molar-refractivity contribution is 7.80. The van der Waals surface area contributed by atoms with Crippen molar-refractivity contribution >= 4 is 84.5 Å². The van der Waals surface area contributed by atoms with Gasteiger partial charge in [0.1, 0.15) is 54.1 Å². The quantitative estimate of drug-likeness (QED) is 0.0364. The molecule has 65 heavy (non-hydrogen) atoms. The first kappa shape index (κ1) is 57.2. The largest absolute Gasteiger partial charge is 0.508 e. The predicted molar refractivity (Wildman–Crippen MR) is 231 cm³/mol. The van der Waals surface area contributed by atoms with Crippen molar-refractivity contribution in [3.63, 3.8) is 0 Å². The van der Waals surface area contributed by atoms with Gasteiger partial charge in [-0.1, -0.05) is 12.1 Å². The van der Waals surface area contributed by atoms with Crippen molar-refractivity contribution in [2.75, 3.05) is 18.1 Å². The summed E-state index contributed by atoms with van der Waals surface area (Å²) in [4.78, 5) is 128. The van der Waals surface area contributed by atoms with Crippen molar-refractivity contribution in [3.8, 4) is 5.75 Å². The van der Waals surface area contributed by atoms with Crippen LogP contribution in [0.2, 0.25) is 0 Å². The Morgan fingerprint density at radius 3 is 1.35 bits per heavy atom. The number of carbonyl (C=O) groups is 10. The van der Waals surface area contributed by atoms with Crippen molar-refractivity contribution in [1.29, 1.82) is 0 Å². The zero-order chi connectivity index (χ0) is 49.9. The number of aliphatic hydroxyl groups excluding tert-OH is 4. The Morgan fingerprint density at radius 2 is 0.938 bits per heavy atom. The first-order chi connectivity index (χ1) is 30.3. The van der Waals surface area contributed by atoms with E-state index in [4.69, 9.17) is 5.73 Å². The van der Waals surface area contributed by atoms with Crippen molar-refractivity contribution in [1.82, 2.24) is 42.5 Å². The van der Waals surface area contributed by atoms with Gasteiger partial charge < -0.3 is 84.0 Å². The molecule has 0 aliphatic carbocycles. The van der Waals surface area contributed by atoms with Gasteiger partial charge in [0.15, 0.2) is 0 Å². The number of phenolic OH excluding ortho intramolecular Hbond substituents is 1. The number of nitrogens with two attached hydrogens (primary N) is 1. The van der Waals surface area contributed by atoms with Crippen LogP contribution in [-0.4, -0.2) is 186 Å². The first-order valence-corrected chi connectivity index (χ1v) is 20.8. The predicted octanol–water partition coefficient (Wildman–Crippen LogP) is -7.29. The molecule has 0 fully saturated rings. The second-order valence-electron chi connectivity index (χ2n) is 14.6. The standard InChI is InChI=1S/C37H57N9O17S2/c1-14(29(54)44-26(15(2)48)34(59)40-21(9-18-5-7-19(51)8-6-18)32(57)43-24(13-65)37(62)63)39-31(56)22(10-25(52)53)41-35(60)28(17(4)50)46-33(58)23(11-47)42-36(61)27(16(3)49)45-30(55)20(38)12-64/h5-8,14-17,20-24,26-28,47-51,64-65H,9-13,38H2,1-4H3,(H,39,56)(H,40,59)(H,41,60)(H,42,61)(H,43,57)(H,44,54)(H,45,55)(H,46,58)(H,52,53)(H,62,63)/t14-,15+,16+,17+,20-,21-,22-,23-,24-,26-,27-,28-/m0/s1. The van der Waals surface area contributed by atoms with E-state index in [9.17, 15) is 83.7 Å². The van der Waals surface area contributed by atoms with Gasteiger partial charge in [-0.05, 0) is 45.4 Å². The first-order valence-electron chi connectivity index (χ1n) is 19.6. The van der Waals surface area contributed by atoms with E-state index in [1.807, 2.05) is 10.6 Å². The van der Waals surface area contributed by atoms with Crippen LogP contribution in [0.3, 0.4) is 0 Å². The number of benzene rings is 1. The van der Waals surface area contributed by atoms with Crippen LogP contribution in [-0.2, 0) is 54.4 Å². The summed E-state index contributed by atoms with van der Waals surface area (Å²) in [6.07, 6.45) is -6.40. The Hall–Kier alpha value is -5.78. The number of carboxylic acid groups (broad SMARTS) is 2. The molecular weight excluding hydrogens is 907 g/mol. The Kier molecular flexibility index (Phi) is 24.2. The van der Waals surface area contributed by atoms with Gasteiger partial charge in [-0.15, -0.1) is 0 Å². The lowest BCUT2D eigenvalue weighted by atomic mass is 10.0. The number of thiol groups is 2. The summed E-state index contributed by atoms with van der Waals surface area (Å²) in [6.45, 7) is 3.16. The fourth-order valence-corrected chi connectivity index (χ4v) is 5.78. The van der Waals surface area contributed by atoms with E-state index in [-0.39, 0.29) is 23.7 Å². The Labute approximate surface area is 382 Å². The average molecular weight is 964 g/mol. The van der Waals surface area contributed by atoms with Crippen molar-refractivity contribution in [2.45, 2.75) is 113 Å². The molecule has 26 nitrogen and oxygen atoms in total. The van der Waals surface area contributed by atoms with Gasteiger partial charge in [-0.25, -0.2) is 4.79 Å². The maximum Gasteiger partial charge on any atom is 0.327 e. The minimum atomic E-state index is -2.01. The summed E-state index contributed by atoms with van der Waals surface area (Å²) in [6, 6.07) is -9.82. The zero-order valence-electron chi connectivity index (χ0n) is 35.5. The number of aliphatic hydroxyl groups is 4. The summed E-state index contributed by atoms with van der Waals surface area (Å²) in [5.41, 5.74) is 5.96. The number of hydrogen-bond acceptors (Lipinski definition) is 18. The van der Waals surface area contributed by atoms with Gasteiger partial charge >= 0.3 is 11.9 Å². The number of carboxylic acids is 2. The number of rotatable bonds is 27. The highest BCUT2D eigenvalue weighted by Gasteiger charge is 2.37. The Morgan fingerprint density at radius 1 is 0.538 bits per heavy atom. The molecule has 1 rings (SSSR count). The molecule has 28 heteroatoms. The third-order valence-electron chi connectivity index (χ3n) is 9.11. The van der Waals surface area contributed by atoms with Gasteiger partial charge in [0.2, 0.25) is 47.3 Å². The molecule has 0 spiro atoms. The zero-order valence-corrected chi connectivity index (χ0v) is 37.2. The lowest BCUT2D eigenvalue weighted by Crippen LogP contribution is -2.63. The maximum absolute atomic E-state index is 13.4. The third kappa shape index (κ3) is 19.1. The van der Waals surface area contributed by atoms with Crippen LogP contribution in [0.1, 0.15) is 39.7 Å². The van der Waals surface area contributed by atoms with Gasteiger partial charge in [0, 0.05) is 17.9 Å². The van der Waals surface area contributed by atoms with E-state index in [2.05, 4.69) is 57.2 Å². The number of amides is 8. The molecule has 1 aromatic rings. The molecule has 12 atom stereocenters. The number of phenols is 1. The molecule has 0 aliphatic rings. The summed E-state index contributed by atoms with van der Waals surface area (Å²) in [7, 11) is 0. The number of hydrogen-bond donors (Lipinski definition) is 18. The minimum absolute atomic E-state index is 0.121. The molecular formula is C37H57N9O17S2. The molecule has 0 radical (unpaired) electrons. The minimum Gasteiger partial charge on any atom is -0.508 e. The number of aliphatic carboxylic acids is 2.